The van der Waals surface area contributed by atoms with E-state index in [4.69, 9.17) is 15.1 Å². The summed E-state index contributed by atoms with van der Waals surface area (Å²) >= 11 is 0. The first-order chi connectivity index (χ1) is 7.17. The first-order valence-electron chi connectivity index (χ1n) is 4.79. The second-order valence-electron chi connectivity index (χ2n) is 4.38. The molecule has 1 amide bonds. The van der Waals surface area contributed by atoms with E-state index in [-0.39, 0.29) is 0 Å². The van der Waals surface area contributed by atoms with Crippen molar-refractivity contribution < 1.29 is 19.4 Å². The highest BCUT2D eigenvalue weighted by molar-refractivity contribution is 5.80. The van der Waals surface area contributed by atoms with Crippen molar-refractivity contribution in [3.05, 3.63) is 0 Å². The monoisotopic (exact) mass is 228 g/mol. The largest absolute Gasteiger partial charge is 0.480 e. The SMILES string of the molecule is CC(C#N)C(NC(=O)OC(C)(C)C)C(=O)O. The summed E-state index contributed by atoms with van der Waals surface area (Å²) in [5, 5.41) is 19.5. The molecule has 0 aromatic carbocycles. The summed E-state index contributed by atoms with van der Waals surface area (Å²) in [5.41, 5.74) is -0.705. The summed E-state index contributed by atoms with van der Waals surface area (Å²) in [5.74, 6) is -2.09. The number of carboxylic acid groups (broad SMARTS) is 1. The van der Waals surface area contributed by atoms with Crippen molar-refractivity contribution in [3.8, 4) is 6.07 Å². The number of aliphatic carboxylic acids is 1. The van der Waals surface area contributed by atoms with Crippen LogP contribution in [0, 0.1) is 17.2 Å². The van der Waals surface area contributed by atoms with Crippen molar-refractivity contribution in [2.75, 3.05) is 0 Å². The Labute approximate surface area is 94.2 Å². The minimum atomic E-state index is -1.26. The lowest BCUT2D eigenvalue weighted by atomic mass is 10.0. The average Bonchev–Trinajstić information content (AvgIpc) is 2.09. The van der Waals surface area contributed by atoms with E-state index in [1.54, 1.807) is 26.8 Å². The summed E-state index contributed by atoms with van der Waals surface area (Å²) < 4.78 is 4.89. The molecule has 0 aliphatic rings. The molecule has 0 aromatic rings. The maximum absolute atomic E-state index is 11.3. The fourth-order valence-electron chi connectivity index (χ4n) is 0.910. The molecule has 0 heterocycles. The number of carboxylic acids is 1. The summed E-state index contributed by atoms with van der Waals surface area (Å²) in [6, 6.07) is 0.499. The third kappa shape index (κ3) is 5.20. The molecule has 0 fully saturated rings. The number of carbonyl (C=O) groups excluding carboxylic acids is 1. The van der Waals surface area contributed by atoms with Crippen LogP contribution < -0.4 is 5.32 Å². The van der Waals surface area contributed by atoms with E-state index in [2.05, 4.69) is 5.32 Å². The Hall–Kier alpha value is -1.77. The number of hydrogen-bond acceptors (Lipinski definition) is 4. The lowest BCUT2D eigenvalue weighted by Crippen LogP contribution is -2.46. The van der Waals surface area contributed by atoms with Crippen molar-refractivity contribution in [2.24, 2.45) is 5.92 Å². The molecule has 2 N–H and O–H groups in total. The van der Waals surface area contributed by atoms with E-state index in [0.29, 0.717) is 0 Å². The predicted octanol–water partition coefficient (Wildman–Crippen LogP) is 1.12. The van der Waals surface area contributed by atoms with Gasteiger partial charge in [-0.1, -0.05) is 0 Å². The van der Waals surface area contributed by atoms with Crippen LogP contribution in [-0.2, 0) is 9.53 Å². The molecule has 90 valence electrons. The van der Waals surface area contributed by atoms with Gasteiger partial charge in [0.1, 0.15) is 11.6 Å². The summed E-state index contributed by atoms with van der Waals surface area (Å²) in [6.07, 6.45) is -0.845. The number of hydrogen-bond donors (Lipinski definition) is 2. The fraction of sp³-hybridized carbons (Fsp3) is 0.700. The van der Waals surface area contributed by atoms with Crippen LogP contribution in [0.5, 0.6) is 0 Å². The second kappa shape index (κ2) is 5.35. The van der Waals surface area contributed by atoms with Gasteiger partial charge >= 0.3 is 12.1 Å². The molecule has 16 heavy (non-hydrogen) atoms. The molecule has 0 aliphatic heterocycles. The number of nitrogens with zero attached hydrogens (tertiary/aromatic N) is 1. The van der Waals surface area contributed by atoms with Gasteiger partial charge in [-0.25, -0.2) is 9.59 Å². The molecular formula is C10H16N2O4. The van der Waals surface area contributed by atoms with Crippen molar-refractivity contribution in [2.45, 2.75) is 39.3 Å². The highest BCUT2D eigenvalue weighted by atomic mass is 16.6. The van der Waals surface area contributed by atoms with E-state index < -0.39 is 29.6 Å². The van der Waals surface area contributed by atoms with Gasteiger partial charge in [0, 0.05) is 0 Å². The number of ether oxygens (including phenoxy) is 1. The number of nitrogens with one attached hydrogen (secondary N) is 1. The third-order valence-electron chi connectivity index (χ3n) is 1.64. The molecule has 0 rings (SSSR count). The molecule has 0 bridgehead atoms. The lowest BCUT2D eigenvalue weighted by Gasteiger charge is -2.22. The van der Waals surface area contributed by atoms with Crippen LogP contribution in [0.15, 0.2) is 0 Å². The maximum atomic E-state index is 11.3. The zero-order chi connectivity index (χ0) is 12.9. The molecule has 2 unspecified atom stereocenters. The highest BCUT2D eigenvalue weighted by Crippen LogP contribution is 2.08. The Morgan fingerprint density at radius 2 is 1.94 bits per heavy atom. The van der Waals surface area contributed by atoms with Gasteiger partial charge in [0.05, 0.1) is 12.0 Å². The highest BCUT2D eigenvalue weighted by Gasteiger charge is 2.28. The Morgan fingerprint density at radius 3 is 2.25 bits per heavy atom. The molecular weight excluding hydrogens is 212 g/mol. The van der Waals surface area contributed by atoms with Gasteiger partial charge in [0.15, 0.2) is 0 Å². The Bertz CT molecular complexity index is 314. The molecule has 6 nitrogen and oxygen atoms in total. The van der Waals surface area contributed by atoms with Gasteiger partial charge in [-0.2, -0.15) is 5.26 Å². The quantitative estimate of drug-likeness (QED) is 0.754. The van der Waals surface area contributed by atoms with E-state index >= 15 is 0 Å². The van der Waals surface area contributed by atoms with Gasteiger partial charge < -0.3 is 15.2 Å². The Morgan fingerprint density at radius 1 is 1.44 bits per heavy atom. The number of nitriles is 1. The summed E-state index contributed by atoms with van der Waals surface area (Å²) in [4.78, 5) is 22.1. The van der Waals surface area contributed by atoms with Gasteiger partial charge in [-0.15, -0.1) is 0 Å². The van der Waals surface area contributed by atoms with Crippen molar-refractivity contribution in [1.29, 1.82) is 5.26 Å². The topological polar surface area (TPSA) is 99.4 Å². The second-order valence-corrected chi connectivity index (χ2v) is 4.38. The molecule has 6 heteroatoms. The van der Waals surface area contributed by atoms with Crippen LogP contribution in [0.4, 0.5) is 4.79 Å². The van der Waals surface area contributed by atoms with Crippen molar-refractivity contribution in [3.63, 3.8) is 0 Å². The Kier molecular flexibility index (Phi) is 4.76. The number of rotatable bonds is 3. The zero-order valence-corrected chi connectivity index (χ0v) is 9.77. The van der Waals surface area contributed by atoms with Crippen LogP contribution in [0.2, 0.25) is 0 Å². The Balaban J connectivity index is 4.49. The molecule has 0 saturated carbocycles. The van der Waals surface area contributed by atoms with Gasteiger partial charge in [0.2, 0.25) is 0 Å². The third-order valence-corrected chi connectivity index (χ3v) is 1.64. The molecule has 0 spiro atoms. The first-order valence-corrected chi connectivity index (χ1v) is 4.79. The molecule has 0 aliphatic carbocycles. The van der Waals surface area contributed by atoms with Crippen LogP contribution in [0.25, 0.3) is 0 Å². The summed E-state index contributed by atoms with van der Waals surface area (Å²) in [6.45, 7) is 6.40. The van der Waals surface area contributed by atoms with Crippen LogP contribution >= 0.6 is 0 Å². The molecule has 0 radical (unpaired) electrons. The number of carbonyl (C=O) groups is 2. The van der Waals surface area contributed by atoms with E-state index in [1.807, 2.05) is 0 Å². The predicted molar refractivity (Wildman–Crippen MR) is 55.6 cm³/mol. The van der Waals surface area contributed by atoms with E-state index in [1.165, 1.54) is 6.92 Å². The number of alkyl carbamates (subject to hydrolysis) is 1. The average molecular weight is 228 g/mol. The van der Waals surface area contributed by atoms with Crippen LogP contribution in [0.1, 0.15) is 27.7 Å². The number of amides is 1. The van der Waals surface area contributed by atoms with Gasteiger partial charge in [-0.3, -0.25) is 0 Å². The zero-order valence-electron chi connectivity index (χ0n) is 9.77. The van der Waals surface area contributed by atoms with Gasteiger partial charge in [0.25, 0.3) is 0 Å². The van der Waals surface area contributed by atoms with Crippen molar-refractivity contribution in [1.82, 2.24) is 5.32 Å². The molecule has 0 saturated heterocycles. The summed E-state index contributed by atoms with van der Waals surface area (Å²) in [7, 11) is 0. The first kappa shape index (κ1) is 14.2. The maximum Gasteiger partial charge on any atom is 0.408 e. The smallest absolute Gasteiger partial charge is 0.408 e. The van der Waals surface area contributed by atoms with E-state index in [9.17, 15) is 9.59 Å². The molecule has 2 atom stereocenters. The minimum absolute atomic E-state index is 0.705. The molecule has 0 aromatic heterocycles. The lowest BCUT2D eigenvalue weighted by molar-refractivity contribution is -0.140. The normalized spacial score (nSPS) is 14.4. The standard InChI is InChI=1S/C10H16N2O4/c1-6(5-11)7(8(13)14)12-9(15)16-10(2,3)4/h6-7H,1-4H3,(H,12,15)(H,13,14). The fourth-order valence-corrected chi connectivity index (χ4v) is 0.910. The van der Waals surface area contributed by atoms with Crippen molar-refractivity contribution >= 4 is 12.1 Å². The van der Waals surface area contributed by atoms with Crippen LogP contribution in [-0.4, -0.2) is 28.8 Å². The van der Waals surface area contributed by atoms with Gasteiger partial charge in [-0.05, 0) is 27.7 Å². The minimum Gasteiger partial charge on any atom is -0.480 e. The van der Waals surface area contributed by atoms with E-state index in [0.717, 1.165) is 0 Å². The van der Waals surface area contributed by atoms with Crippen LogP contribution in [0.3, 0.4) is 0 Å².